The second kappa shape index (κ2) is 7.62. The molecule has 1 amide bonds. The van der Waals surface area contributed by atoms with Crippen molar-refractivity contribution in [2.24, 2.45) is 0 Å². The molecule has 2 N–H and O–H groups in total. The topological polar surface area (TPSA) is 54.0 Å². The minimum atomic E-state index is -0.522. The van der Waals surface area contributed by atoms with Gasteiger partial charge in [0.15, 0.2) is 0 Å². The maximum absolute atomic E-state index is 13.1. The lowest BCUT2D eigenvalue weighted by molar-refractivity contribution is 0.102. The van der Waals surface area contributed by atoms with Crippen LogP contribution >= 0.6 is 11.6 Å². The summed E-state index contributed by atoms with van der Waals surface area (Å²) >= 11 is 5.71. The van der Waals surface area contributed by atoms with Crippen molar-refractivity contribution in [3.63, 3.8) is 0 Å². The van der Waals surface area contributed by atoms with Crippen molar-refractivity contribution in [2.75, 3.05) is 10.6 Å². The summed E-state index contributed by atoms with van der Waals surface area (Å²) in [7, 11) is 0. The molecule has 0 radical (unpaired) electrons. The molecular formula is C18H19ClFN3O. The molecule has 3 rings (SSSR count). The first-order valence-electron chi connectivity index (χ1n) is 8.11. The zero-order valence-electron chi connectivity index (χ0n) is 13.2. The standard InChI is InChI=1S/C18H19ClFN3O/c19-15-10-13(6-8-16(15)20)23-18(24)17-9-7-14(11-21-17)22-12-4-2-1-3-5-12/h6-12,22H,1-5H2,(H,23,24). The normalized spacial score (nSPS) is 15.1. The minimum absolute atomic E-state index is 0.0345. The van der Waals surface area contributed by atoms with E-state index in [0.717, 1.165) is 5.69 Å². The van der Waals surface area contributed by atoms with Crippen molar-refractivity contribution >= 4 is 28.9 Å². The van der Waals surface area contributed by atoms with E-state index in [1.54, 1.807) is 12.3 Å². The lowest BCUT2D eigenvalue weighted by atomic mass is 9.95. The maximum atomic E-state index is 13.1. The number of carbonyl (C=O) groups is 1. The van der Waals surface area contributed by atoms with E-state index in [0.29, 0.717) is 17.4 Å². The predicted octanol–water partition coefficient (Wildman–Crippen LogP) is 4.87. The first-order chi connectivity index (χ1) is 11.6. The largest absolute Gasteiger partial charge is 0.381 e. The zero-order valence-corrected chi connectivity index (χ0v) is 13.9. The van der Waals surface area contributed by atoms with Crippen LogP contribution < -0.4 is 10.6 Å². The van der Waals surface area contributed by atoms with Crippen LogP contribution in [0.1, 0.15) is 42.6 Å². The fourth-order valence-electron chi connectivity index (χ4n) is 2.87. The molecule has 1 aliphatic rings. The van der Waals surface area contributed by atoms with Crippen LogP contribution in [0.4, 0.5) is 15.8 Å². The number of pyridine rings is 1. The van der Waals surface area contributed by atoms with Crippen LogP contribution in [0.15, 0.2) is 36.5 Å². The number of aromatic nitrogens is 1. The first-order valence-corrected chi connectivity index (χ1v) is 8.48. The molecule has 1 aromatic carbocycles. The molecule has 0 spiro atoms. The van der Waals surface area contributed by atoms with Crippen LogP contribution in [0.3, 0.4) is 0 Å². The molecular weight excluding hydrogens is 329 g/mol. The van der Waals surface area contributed by atoms with Gasteiger partial charge in [0.1, 0.15) is 11.5 Å². The average Bonchev–Trinajstić information content (AvgIpc) is 2.60. The molecule has 0 aliphatic heterocycles. The summed E-state index contributed by atoms with van der Waals surface area (Å²) in [5.74, 6) is -0.882. The summed E-state index contributed by atoms with van der Waals surface area (Å²) < 4.78 is 13.1. The van der Waals surface area contributed by atoms with Crippen molar-refractivity contribution in [3.8, 4) is 0 Å². The minimum Gasteiger partial charge on any atom is -0.381 e. The molecule has 126 valence electrons. The Morgan fingerprint density at radius 3 is 2.54 bits per heavy atom. The van der Waals surface area contributed by atoms with Gasteiger partial charge in [0, 0.05) is 11.7 Å². The van der Waals surface area contributed by atoms with Crippen molar-refractivity contribution in [1.82, 2.24) is 4.98 Å². The second-order valence-corrected chi connectivity index (χ2v) is 6.40. The van der Waals surface area contributed by atoms with E-state index in [9.17, 15) is 9.18 Å². The number of nitrogens with one attached hydrogen (secondary N) is 2. The number of amides is 1. The Bertz CT molecular complexity index is 715. The van der Waals surface area contributed by atoms with Gasteiger partial charge >= 0.3 is 0 Å². The van der Waals surface area contributed by atoms with E-state index in [-0.39, 0.29) is 10.9 Å². The van der Waals surface area contributed by atoms with Gasteiger partial charge in [-0.3, -0.25) is 4.79 Å². The Morgan fingerprint density at radius 2 is 1.88 bits per heavy atom. The third-order valence-corrected chi connectivity index (χ3v) is 4.44. The van der Waals surface area contributed by atoms with Gasteiger partial charge in [-0.05, 0) is 43.2 Å². The highest BCUT2D eigenvalue weighted by Crippen LogP contribution is 2.22. The van der Waals surface area contributed by atoms with Gasteiger partial charge in [-0.15, -0.1) is 0 Å². The third kappa shape index (κ3) is 4.23. The van der Waals surface area contributed by atoms with E-state index in [1.807, 2.05) is 6.07 Å². The number of rotatable bonds is 4. The molecule has 0 atom stereocenters. The highest BCUT2D eigenvalue weighted by molar-refractivity contribution is 6.31. The van der Waals surface area contributed by atoms with Crippen LogP contribution in [0, 0.1) is 5.82 Å². The number of carbonyl (C=O) groups excluding carboxylic acids is 1. The van der Waals surface area contributed by atoms with Crippen LogP contribution in [-0.2, 0) is 0 Å². The molecule has 24 heavy (non-hydrogen) atoms. The van der Waals surface area contributed by atoms with Gasteiger partial charge < -0.3 is 10.6 Å². The Kier molecular flexibility index (Phi) is 5.30. The zero-order chi connectivity index (χ0) is 16.9. The molecule has 4 nitrogen and oxygen atoms in total. The van der Waals surface area contributed by atoms with Gasteiger partial charge in [0.2, 0.25) is 0 Å². The predicted molar refractivity (Wildman–Crippen MR) is 94.1 cm³/mol. The highest BCUT2D eigenvalue weighted by Gasteiger charge is 2.14. The van der Waals surface area contributed by atoms with E-state index in [2.05, 4.69) is 15.6 Å². The average molecular weight is 348 g/mol. The molecule has 1 aromatic heterocycles. The van der Waals surface area contributed by atoms with Crippen molar-refractivity contribution in [3.05, 3.63) is 53.1 Å². The fourth-order valence-corrected chi connectivity index (χ4v) is 3.05. The number of hydrogen-bond acceptors (Lipinski definition) is 3. The lowest BCUT2D eigenvalue weighted by Gasteiger charge is -2.23. The smallest absolute Gasteiger partial charge is 0.274 e. The third-order valence-electron chi connectivity index (χ3n) is 4.15. The van der Waals surface area contributed by atoms with Gasteiger partial charge in [-0.1, -0.05) is 30.9 Å². The number of hydrogen-bond donors (Lipinski definition) is 2. The van der Waals surface area contributed by atoms with Gasteiger partial charge in [-0.25, -0.2) is 9.37 Å². The molecule has 1 fully saturated rings. The Balaban J connectivity index is 1.61. The molecule has 6 heteroatoms. The van der Waals surface area contributed by atoms with E-state index >= 15 is 0 Å². The van der Waals surface area contributed by atoms with Gasteiger partial charge in [0.05, 0.1) is 16.9 Å². The molecule has 0 unspecified atom stereocenters. The fraction of sp³-hybridized carbons (Fsp3) is 0.333. The molecule has 1 saturated carbocycles. The number of anilines is 2. The summed E-state index contributed by atoms with van der Waals surface area (Å²) in [4.78, 5) is 16.4. The second-order valence-electron chi connectivity index (χ2n) is 5.99. The number of benzene rings is 1. The van der Waals surface area contributed by atoms with E-state index in [4.69, 9.17) is 11.6 Å². The molecule has 1 heterocycles. The van der Waals surface area contributed by atoms with Crippen LogP contribution in [0.5, 0.6) is 0 Å². The van der Waals surface area contributed by atoms with Gasteiger partial charge in [0.25, 0.3) is 5.91 Å². The molecule has 1 aliphatic carbocycles. The summed E-state index contributed by atoms with van der Waals surface area (Å²) in [5.41, 5.74) is 1.64. The van der Waals surface area contributed by atoms with Crippen molar-refractivity contribution in [2.45, 2.75) is 38.1 Å². The van der Waals surface area contributed by atoms with Crippen molar-refractivity contribution < 1.29 is 9.18 Å². The Morgan fingerprint density at radius 1 is 1.12 bits per heavy atom. The quantitative estimate of drug-likeness (QED) is 0.829. The van der Waals surface area contributed by atoms with Crippen LogP contribution in [-0.4, -0.2) is 16.9 Å². The van der Waals surface area contributed by atoms with Gasteiger partial charge in [-0.2, -0.15) is 0 Å². The molecule has 2 aromatic rings. The number of nitrogens with zero attached hydrogens (tertiary/aromatic N) is 1. The first kappa shape index (κ1) is 16.7. The van der Waals surface area contributed by atoms with Crippen molar-refractivity contribution in [1.29, 1.82) is 0 Å². The van der Waals surface area contributed by atoms with E-state index < -0.39 is 5.82 Å². The monoisotopic (exact) mass is 347 g/mol. The van der Waals surface area contributed by atoms with Crippen LogP contribution in [0.25, 0.3) is 0 Å². The SMILES string of the molecule is O=C(Nc1ccc(F)c(Cl)c1)c1ccc(NC2CCCCC2)cn1. The lowest BCUT2D eigenvalue weighted by Crippen LogP contribution is -2.22. The highest BCUT2D eigenvalue weighted by atomic mass is 35.5. The number of halogens is 2. The van der Waals surface area contributed by atoms with E-state index in [1.165, 1.54) is 50.3 Å². The van der Waals surface area contributed by atoms with Crippen LogP contribution in [0.2, 0.25) is 5.02 Å². The Hall–Kier alpha value is -2.14. The maximum Gasteiger partial charge on any atom is 0.274 e. The summed E-state index contributed by atoms with van der Waals surface area (Å²) in [5, 5.41) is 6.08. The Labute approximate surface area is 145 Å². The molecule has 0 saturated heterocycles. The summed E-state index contributed by atoms with van der Waals surface area (Å²) in [6.07, 6.45) is 7.84. The summed E-state index contributed by atoms with van der Waals surface area (Å²) in [6, 6.07) is 8.05. The summed E-state index contributed by atoms with van der Waals surface area (Å²) in [6.45, 7) is 0. The molecule has 0 bridgehead atoms.